The van der Waals surface area contributed by atoms with Crippen molar-refractivity contribution in [2.75, 3.05) is 45.8 Å². The van der Waals surface area contributed by atoms with E-state index in [1.807, 2.05) is 6.92 Å². The summed E-state index contributed by atoms with van der Waals surface area (Å²) >= 11 is 0. The van der Waals surface area contributed by atoms with Crippen LogP contribution in [0.2, 0.25) is 0 Å². The third kappa shape index (κ3) is 5.82. The Balaban J connectivity index is 2.28. The molecule has 0 amide bonds. The summed E-state index contributed by atoms with van der Waals surface area (Å²) in [6.45, 7) is 15.3. The number of rotatable bonds is 6. The summed E-state index contributed by atoms with van der Waals surface area (Å²) in [5.41, 5.74) is -0.626. The molecule has 0 aromatic rings. The smallest absolute Gasteiger partial charge is 0.0869 e. The average Bonchev–Trinajstić information content (AvgIpc) is 2.27. The Bertz CT molecular complexity index is 211. The zero-order chi connectivity index (χ0) is 12.9. The minimum atomic E-state index is -0.626. The Kier molecular flexibility index (Phi) is 5.86. The van der Waals surface area contributed by atoms with Crippen LogP contribution in [0.3, 0.4) is 0 Å². The van der Waals surface area contributed by atoms with Gasteiger partial charge in [-0.15, -0.1) is 0 Å². The fourth-order valence-electron chi connectivity index (χ4n) is 2.23. The van der Waals surface area contributed by atoms with E-state index in [1.54, 1.807) is 0 Å². The zero-order valence-corrected chi connectivity index (χ0v) is 11.9. The summed E-state index contributed by atoms with van der Waals surface area (Å²) < 4.78 is 0. The fourth-order valence-corrected chi connectivity index (χ4v) is 2.23. The van der Waals surface area contributed by atoms with Gasteiger partial charge in [0.25, 0.3) is 0 Å². The van der Waals surface area contributed by atoms with Crippen LogP contribution >= 0.6 is 0 Å². The first-order valence-corrected chi connectivity index (χ1v) is 6.83. The summed E-state index contributed by atoms with van der Waals surface area (Å²) in [6, 6.07) is 0.429. The largest absolute Gasteiger partial charge is 0.388 e. The molecule has 2 N–H and O–H groups in total. The number of β-amino-alcohol motifs (C(OH)–C–C–N with tert-alkyl or cyclic N) is 1. The second-order valence-corrected chi connectivity index (χ2v) is 5.74. The van der Waals surface area contributed by atoms with Crippen molar-refractivity contribution in [2.45, 2.75) is 39.3 Å². The molecule has 1 heterocycles. The predicted molar refractivity (Wildman–Crippen MR) is 72.3 cm³/mol. The van der Waals surface area contributed by atoms with Crippen LogP contribution in [0.5, 0.6) is 0 Å². The third-order valence-corrected chi connectivity index (χ3v) is 3.37. The Morgan fingerprint density at radius 2 is 1.71 bits per heavy atom. The Morgan fingerprint density at radius 1 is 1.18 bits per heavy atom. The number of nitrogens with zero attached hydrogens (tertiary/aromatic N) is 2. The molecule has 1 unspecified atom stereocenters. The lowest BCUT2D eigenvalue weighted by Gasteiger charge is -2.38. The molecule has 0 bridgehead atoms. The summed E-state index contributed by atoms with van der Waals surface area (Å²) in [5.74, 6) is 0. The quantitative estimate of drug-likeness (QED) is 0.707. The van der Waals surface area contributed by atoms with E-state index in [0.29, 0.717) is 12.6 Å². The van der Waals surface area contributed by atoms with E-state index in [1.165, 1.54) is 0 Å². The zero-order valence-electron chi connectivity index (χ0n) is 11.9. The minimum Gasteiger partial charge on any atom is -0.388 e. The topological polar surface area (TPSA) is 38.7 Å². The second kappa shape index (κ2) is 6.69. The molecule has 1 atom stereocenters. The monoisotopic (exact) mass is 243 g/mol. The highest BCUT2D eigenvalue weighted by atomic mass is 16.3. The van der Waals surface area contributed by atoms with Crippen LogP contribution in [-0.4, -0.2) is 72.4 Å². The highest BCUT2D eigenvalue weighted by Crippen LogP contribution is 2.09. The van der Waals surface area contributed by atoms with Crippen molar-refractivity contribution < 1.29 is 5.11 Å². The van der Waals surface area contributed by atoms with Gasteiger partial charge in [0.1, 0.15) is 0 Å². The van der Waals surface area contributed by atoms with Gasteiger partial charge in [-0.3, -0.25) is 4.90 Å². The van der Waals surface area contributed by atoms with Crippen LogP contribution in [0.15, 0.2) is 0 Å². The number of hydrogen-bond donors (Lipinski definition) is 2. The normalized spacial score (nSPS) is 22.9. The summed E-state index contributed by atoms with van der Waals surface area (Å²) in [4.78, 5) is 4.83. The summed E-state index contributed by atoms with van der Waals surface area (Å²) in [6.07, 6.45) is 0. The first kappa shape index (κ1) is 14.9. The molecule has 17 heavy (non-hydrogen) atoms. The van der Waals surface area contributed by atoms with Crippen molar-refractivity contribution in [3.63, 3.8) is 0 Å². The predicted octanol–water partition coefficient (Wildman–Crippen LogP) is 0.373. The molecule has 1 rings (SSSR count). The Morgan fingerprint density at radius 3 is 2.18 bits per heavy atom. The lowest BCUT2D eigenvalue weighted by molar-refractivity contribution is 0.00418. The molecule has 0 aliphatic carbocycles. The third-order valence-electron chi connectivity index (χ3n) is 3.37. The molecule has 0 saturated carbocycles. The lowest BCUT2D eigenvalue weighted by Crippen LogP contribution is -2.54. The maximum absolute atomic E-state index is 10.3. The van der Waals surface area contributed by atoms with E-state index in [2.05, 4.69) is 35.9 Å². The molecule has 1 aliphatic heterocycles. The standard InChI is InChI=1S/C13H29N3O/c1-5-15-6-8-16(9-7-15)11-13(4,17)10-14-12(2)3/h12,14,17H,5-11H2,1-4H3. The fraction of sp³-hybridized carbons (Fsp3) is 1.00. The lowest BCUT2D eigenvalue weighted by atomic mass is 10.1. The molecule has 4 nitrogen and oxygen atoms in total. The molecular weight excluding hydrogens is 214 g/mol. The maximum Gasteiger partial charge on any atom is 0.0869 e. The van der Waals surface area contributed by atoms with Gasteiger partial charge in [0.05, 0.1) is 5.60 Å². The van der Waals surface area contributed by atoms with Gasteiger partial charge in [0.15, 0.2) is 0 Å². The van der Waals surface area contributed by atoms with Crippen molar-refractivity contribution in [1.29, 1.82) is 0 Å². The molecule has 1 aliphatic rings. The average molecular weight is 243 g/mol. The van der Waals surface area contributed by atoms with E-state index in [0.717, 1.165) is 39.3 Å². The molecule has 0 aromatic carbocycles. The number of hydrogen-bond acceptors (Lipinski definition) is 4. The molecular formula is C13H29N3O. The van der Waals surface area contributed by atoms with E-state index < -0.39 is 5.60 Å². The van der Waals surface area contributed by atoms with Gasteiger partial charge in [0, 0.05) is 45.3 Å². The molecule has 4 heteroatoms. The van der Waals surface area contributed by atoms with Crippen molar-refractivity contribution in [2.24, 2.45) is 0 Å². The van der Waals surface area contributed by atoms with E-state index in [9.17, 15) is 5.11 Å². The van der Waals surface area contributed by atoms with Crippen molar-refractivity contribution >= 4 is 0 Å². The number of aliphatic hydroxyl groups is 1. The van der Waals surface area contributed by atoms with Crippen LogP contribution < -0.4 is 5.32 Å². The summed E-state index contributed by atoms with van der Waals surface area (Å²) in [7, 11) is 0. The second-order valence-electron chi connectivity index (χ2n) is 5.74. The van der Waals surface area contributed by atoms with Crippen LogP contribution in [-0.2, 0) is 0 Å². The van der Waals surface area contributed by atoms with Gasteiger partial charge in [-0.1, -0.05) is 20.8 Å². The van der Waals surface area contributed by atoms with E-state index >= 15 is 0 Å². The molecule has 0 radical (unpaired) electrons. The Labute approximate surface area is 106 Å². The van der Waals surface area contributed by atoms with Gasteiger partial charge in [-0.05, 0) is 13.5 Å². The van der Waals surface area contributed by atoms with Crippen molar-refractivity contribution in [3.8, 4) is 0 Å². The first-order valence-electron chi connectivity index (χ1n) is 6.83. The number of nitrogens with one attached hydrogen (secondary N) is 1. The molecule has 0 spiro atoms. The Hall–Kier alpha value is -0.160. The highest BCUT2D eigenvalue weighted by molar-refractivity contribution is 4.83. The number of likely N-dealkylation sites (N-methyl/N-ethyl adjacent to an activating group) is 1. The number of piperazine rings is 1. The highest BCUT2D eigenvalue weighted by Gasteiger charge is 2.26. The molecule has 0 aromatic heterocycles. The van der Waals surface area contributed by atoms with E-state index in [4.69, 9.17) is 0 Å². The van der Waals surface area contributed by atoms with Crippen LogP contribution in [0.1, 0.15) is 27.7 Å². The summed E-state index contributed by atoms with van der Waals surface area (Å²) in [5, 5.41) is 13.6. The first-order chi connectivity index (χ1) is 7.93. The SMILES string of the molecule is CCN1CCN(CC(C)(O)CNC(C)C)CC1. The molecule has 1 saturated heterocycles. The van der Waals surface area contributed by atoms with Crippen LogP contribution in [0, 0.1) is 0 Å². The van der Waals surface area contributed by atoms with Crippen LogP contribution in [0.4, 0.5) is 0 Å². The van der Waals surface area contributed by atoms with E-state index in [-0.39, 0.29) is 0 Å². The minimum absolute atomic E-state index is 0.429. The maximum atomic E-state index is 10.3. The van der Waals surface area contributed by atoms with Crippen molar-refractivity contribution in [3.05, 3.63) is 0 Å². The van der Waals surface area contributed by atoms with Gasteiger partial charge >= 0.3 is 0 Å². The van der Waals surface area contributed by atoms with Gasteiger partial charge < -0.3 is 15.3 Å². The molecule has 1 fully saturated rings. The van der Waals surface area contributed by atoms with Crippen molar-refractivity contribution in [1.82, 2.24) is 15.1 Å². The van der Waals surface area contributed by atoms with Gasteiger partial charge in [0.2, 0.25) is 0 Å². The van der Waals surface area contributed by atoms with Gasteiger partial charge in [-0.25, -0.2) is 0 Å². The van der Waals surface area contributed by atoms with Crippen LogP contribution in [0.25, 0.3) is 0 Å². The molecule has 102 valence electrons. The van der Waals surface area contributed by atoms with Gasteiger partial charge in [-0.2, -0.15) is 0 Å².